The van der Waals surface area contributed by atoms with E-state index >= 15 is 0 Å². The van der Waals surface area contributed by atoms with Crippen LogP contribution in [0.5, 0.6) is 0 Å². The van der Waals surface area contributed by atoms with Crippen molar-refractivity contribution in [3.63, 3.8) is 0 Å². The zero-order valence-corrected chi connectivity index (χ0v) is 6.22. The van der Waals surface area contributed by atoms with Gasteiger partial charge in [0.1, 0.15) is 0 Å². The molecule has 0 amide bonds. The van der Waals surface area contributed by atoms with Gasteiger partial charge >= 0.3 is 5.17 Å². The molecule has 0 aromatic heterocycles. The van der Waals surface area contributed by atoms with Gasteiger partial charge in [0, 0.05) is 5.75 Å². The van der Waals surface area contributed by atoms with E-state index in [1.54, 1.807) is 11.8 Å². The lowest BCUT2D eigenvalue weighted by atomic mass is 10.8. The van der Waals surface area contributed by atoms with Crippen molar-refractivity contribution in [3.05, 3.63) is 0 Å². The third kappa shape index (κ3) is 3.99. The molecule has 0 spiro atoms. The predicted octanol–water partition coefficient (Wildman–Crippen LogP) is -0.845. The van der Waals surface area contributed by atoms with Gasteiger partial charge in [-0.25, -0.2) is 0 Å². The highest BCUT2D eigenvalue weighted by atomic mass is 32.2. The van der Waals surface area contributed by atoms with Crippen LogP contribution in [-0.4, -0.2) is 17.5 Å². The summed E-state index contributed by atoms with van der Waals surface area (Å²) in [6, 6.07) is 0. The van der Waals surface area contributed by atoms with E-state index in [1.807, 2.05) is 6.92 Å². The maximum absolute atomic E-state index is 5.46. The smallest absolute Gasteiger partial charge is 0.282 e. The average molecular weight is 133 g/mol. The number of hydrogen-bond acceptors (Lipinski definition) is 1. The summed E-state index contributed by atoms with van der Waals surface area (Å²) in [5.41, 5.74) is 5.46. The number of thioether (sulfide) groups is 1. The minimum absolute atomic E-state index is 0.829. The standard InChI is InChI=1S/C5H12N2S/c1-3-7-5(6)8-4-2/h3-4H2,1-2H3,(H2,6,7)/p+1. The van der Waals surface area contributed by atoms with Gasteiger partial charge in [-0.05, 0) is 18.7 Å². The Bertz CT molecular complexity index is 80.5. The first kappa shape index (κ1) is 7.82. The summed E-state index contributed by atoms with van der Waals surface area (Å²) >= 11 is 1.64. The fraction of sp³-hybridized carbons (Fsp3) is 0.800. The highest BCUT2D eigenvalue weighted by Crippen LogP contribution is 1.90. The molecular formula is C5H13N2S+. The Hall–Kier alpha value is -0.180. The number of amidine groups is 1. The van der Waals surface area contributed by atoms with E-state index < -0.39 is 0 Å². The van der Waals surface area contributed by atoms with Crippen LogP contribution in [-0.2, 0) is 0 Å². The summed E-state index contributed by atoms with van der Waals surface area (Å²) in [5, 5.41) is 0.829. The van der Waals surface area contributed by atoms with Crippen molar-refractivity contribution >= 4 is 16.9 Å². The second-order valence-corrected chi connectivity index (χ2v) is 2.63. The first-order valence-corrected chi connectivity index (χ1v) is 3.78. The van der Waals surface area contributed by atoms with E-state index in [1.165, 1.54) is 0 Å². The van der Waals surface area contributed by atoms with Crippen molar-refractivity contribution in [3.8, 4) is 0 Å². The Morgan fingerprint density at radius 3 is 2.62 bits per heavy atom. The Balaban J connectivity index is 3.29. The summed E-state index contributed by atoms with van der Waals surface area (Å²) in [6.45, 7) is 5.02. The molecule has 0 fully saturated rings. The van der Waals surface area contributed by atoms with Gasteiger partial charge in [-0.15, -0.1) is 0 Å². The summed E-state index contributed by atoms with van der Waals surface area (Å²) in [5.74, 6) is 1.04. The van der Waals surface area contributed by atoms with Gasteiger partial charge in [0.2, 0.25) is 0 Å². The third-order valence-electron chi connectivity index (χ3n) is 0.651. The number of nitrogens with one attached hydrogen (secondary N) is 1. The molecule has 0 aromatic carbocycles. The molecular weight excluding hydrogens is 120 g/mol. The highest BCUT2D eigenvalue weighted by Gasteiger charge is 1.92. The van der Waals surface area contributed by atoms with E-state index in [9.17, 15) is 0 Å². The molecule has 0 heterocycles. The van der Waals surface area contributed by atoms with Crippen molar-refractivity contribution in [1.82, 2.24) is 0 Å². The number of hydrogen-bond donors (Lipinski definition) is 2. The van der Waals surface area contributed by atoms with Crippen LogP contribution in [0.25, 0.3) is 0 Å². The van der Waals surface area contributed by atoms with Crippen LogP contribution in [0.1, 0.15) is 13.8 Å². The lowest BCUT2D eigenvalue weighted by Crippen LogP contribution is -2.73. The lowest BCUT2D eigenvalue weighted by molar-refractivity contribution is -0.450. The zero-order chi connectivity index (χ0) is 6.41. The Morgan fingerprint density at radius 2 is 2.25 bits per heavy atom. The van der Waals surface area contributed by atoms with Crippen LogP contribution in [0.15, 0.2) is 0 Å². The molecule has 3 heteroatoms. The Labute approximate surface area is 54.6 Å². The van der Waals surface area contributed by atoms with Crippen molar-refractivity contribution < 1.29 is 4.99 Å². The van der Waals surface area contributed by atoms with Gasteiger partial charge < -0.3 is 0 Å². The quantitative estimate of drug-likeness (QED) is 0.381. The molecule has 0 bridgehead atoms. The van der Waals surface area contributed by atoms with Crippen LogP contribution in [0.2, 0.25) is 0 Å². The normalized spacial score (nSPS) is 12.0. The van der Waals surface area contributed by atoms with Crippen LogP contribution in [0.3, 0.4) is 0 Å². The number of nitrogens with two attached hydrogens (primary N) is 1. The molecule has 2 nitrogen and oxygen atoms in total. The van der Waals surface area contributed by atoms with Gasteiger partial charge in [0.25, 0.3) is 0 Å². The topological polar surface area (TPSA) is 40.0 Å². The molecule has 8 heavy (non-hydrogen) atoms. The van der Waals surface area contributed by atoms with E-state index in [0.29, 0.717) is 0 Å². The maximum atomic E-state index is 5.46. The SMILES string of the molecule is CC[NH+]=C(N)SCC. The molecule has 0 unspecified atom stereocenters. The molecule has 48 valence electrons. The van der Waals surface area contributed by atoms with Crippen LogP contribution < -0.4 is 10.7 Å². The largest absolute Gasteiger partial charge is 0.301 e. The first-order valence-electron chi connectivity index (χ1n) is 2.80. The van der Waals surface area contributed by atoms with Crippen LogP contribution in [0.4, 0.5) is 0 Å². The molecule has 0 atom stereocenters. The van der Waals surface area contributed by atoms with Gasteiger partial charge in [-0.2, -0.15) is 0 Å². The number of rotatable bonds is 2. The molecule has 0 aliphatic carbocycles. The minimum Gasteiger partial charge on any atom is -0.282 e. The van der Waals surface area contributed by atoms with Gasteiger partial charge in [0.05, 0.1) is 6.54 Å². The fourth-order valence-corrected chi connectivity index (χ4v) is 0.938. The summed E-state index contributed by atoms with van der Waals surface area (Å²) in [6.07, 6.45) is 0. The Morgan fingerprint density at radius 1 is 1.62 bits per heavy atom. The van der Waals surface area contributed by atoms with E-state index in [4.69, 9.17) is 5.73 Å². The molecule has 3 N–H and O–H groups in total. The minimum atomic E-state index is 0.829. The van der Waals surface area contributed by atoms with Crippen molar-refractivity contribution in [1.29, 1.82) is 0 Å². The summed E-state index contributed by atoms with van der Waals surface area (Å²) in [7, 11) is 0. The second-order valence-electron chi connectivity index (χ2n) is 1.33. The van der Waals surface area contributed by atoms with Gasteiger partial charge in [-0.3, -0.25) is 10.7 Å². The zero-order valence-electron chi connectivity index (χ0n) is 5.40. The van der Waals surface area contributed by atoms with Gasteiger partial charge in [-0.1, -0.05) is 6.92 Å². The van der Waals surface area contributed by atoms with Crippen molar-refractivity contribution in [2.45, 2.75) is 13.8 Å². The second kappa shape index (κ2) is 4.97. The van der Waals surface area contributed by atoms with Gasteiger partial charge in [0.15, 0.2) is 0 Å². The summed E-state index contributed by atoms with van der Waals surface area (Å²) < 4.78 is 0. The third-order valence-corrected chi connectivity index (χ3v) is 1.39. The Kier molecular flexibility index (Phi) is 4.85. The molecule has 0 rings (SSSR count). The molecule has 0 saturated heterocycles. The van der Waals surface area contributed by atoms with E-state index in [2.05, 4.69) is 11.9 Å². The molecule has 0 radical (unpaired) electrons. The first-order chi connectivity index (χ1) is 3.81. The van der Waals surface area contributed by atoms with Crippen molar-refractivity contribution in [2.75, 3.05) is 12.3 Å². The van der Waals surface area contributed by atoms with E-state index in [-0.39, 0.29) is 0 Å². The average Bonchev–Trinajstić information content (AvgIpc) is 1.68. The highest BCUT2D eigenvalue weighted by molar-refractivity contribution is 8.13. The fourth-order valence-electron chi connectivity index (χ4n) is 0.381. The van der Waals surface area contributed by atoms with Crippen LogP contribution >= 0.6 is 11.8 Å². The molecule has 0 aliphatic rings. The molecule has 0 aromatic rings. The molecule has 0 aliphatic heterocycles. The summed E-state index contributed by atoms with van der Waals surface area (Å²) in [4.78, 5) is 3.00. The molecule has 0 saturated carbocycles. The lowest BCUT2D eigenvalue weighted by Gasteiger charge is -1.86. The van der Waals surface area contributed by atoms with Crippen molar-refractivity contribution in [2.24, 2.45) is 5.73 Å². The predicted molar refractivity (Wildman–Crippen MR) is 38.8 cm³/mol. The van der Waals surface area contributed by atoms with Crippen LogP contribution in [0, 0.1) is 0 Å². The monoisotopic (exact) mass is 133 g/mol. The maximum Gasteiger partial charge on any atom is 0.301 e. The van der Waals surface area contributed by atoms with E-state index in [0.717, 1.165) is 17.5 Å².